The van der Waals surface area contributed by atoms with E-state index < -0.39 is 11.7 Å². The lowest BCUT2D eigenvalue weighted by molar-refractivity contribution is 0.0636. The number of nitrogens with one attached hydrogen (secondary N) is 1. The van der Waals surface area contributed by atoms with Gasteiger partial charge >= 0.3 is 6.09 Å². The number of rotatable bonds is 3. The first kappa shape index (κ1) is 15.1. The van der Waals surface area contributed by atoms with Crippen molar-refractivity contribution in [1.82, 2.24) is 0 Å². The van der Waals surface area contributed by atoms with E-state index in [0.29, 0.717) is 11.4 Å². The molecule has 0 unspecified atom stereocenters. The van der Waals surface area contributed by atoms with Crippen LogP contribution in [-0.2, 0) is 4.74 Å². The SMILES string of the molecule is C=C(C)c1cc(OC)ccc1NC(=O)OC(C)(C)C. The van der Waals surface area contributed by atoms with E-state index in [1.807, 2.05) is 33.8 Å². The van der Waals surface area contributed by atoms with Gasteiger partial charge in [-0.15, -0.1) is 0 Å². The minimum absolute atomic E-state index is 0.486. The molecule has 0 atom stereocenters. The molecule has 1 rings (SSSR count). The summed E-state index contributed by atoms with van der Waals surface area (Å²) >= 11 is 0. The number of hydrogen-bond acceptors (Lipinski definition) is 3. The van der Waals surface area contributed by atoms with E-state index in [2.05, 4.69) is 11.9 Å². The summed E-state index contributed by atoms with van der Waals surface area (Å²) in [7, 11) is 1.60. The predicted molar refractivity (Wildman–Crippen MR) is 77.6 cm³/mol. The molecule has 0 aliphatic heterocycles. The van der Waals surface area contributed by atoms with Crippen molar-refractivity contribution in [2.45, 2.75) is 33.3 Å². The van der Waals surface area contributed by atoms with Crippen molar-refractivity contribution in [3.63, 3.8) is 0 Å². The number of carbonyl (C=O) groups is 1. The molecule has 0 heterocycles. The highest BCUT2D eigenvalue weighted by Gasteiger charge is 2.17. The zero-order chi connectivity index (χ0) is 14.6. The molecule has 0 aromatic heterocycles. The number of methoxy groups -OCH3 is 1. The molecule has 0 fully saturated rings. The molecule has 0 bridgehead atoms. The van der Waals surface area contributed by atoms with Crippen LogP contribution in [0.3, 0.4) is 0 Å². The Kier molecular flexibility index (Phi) is 4.59. The number of anilines is 1. The molecule has 0 saturated heterocycles. The number of ether oxygens (including phenoxy) is 2. The topological polar surface area (TPSA) is 47.6 Å². The van der Waals surface area contributed by atoms with E-state index in [9.17, 15) is 4.79 Å². The fourth-order valence-corrected chi connectivity index (χ4v) is 1.53. The Morgan fingerprint density at radius 3 is 2.42 bits per heavy atom. The highest BCUT2D eigenvalue weighted by atomic mass is 16.6. The Hall–Kier alpha value is -1.97. The Morgan fingerprint density at radius 2 is 1.95 bits per heavy atom. The van der Waals surface area contributed by atoms with Crippen molar-refractivity contribution in [3.05, 3.63) is 30.3 Å². The summed E-state index contributed by atoms with van der Waals surface area (Å²) in [6.45, 7) is 11.2. The summed E-state index contributed by atoms with van der Waals surface area (Å²) in [6.07, 6.45) is -0.486. The van der Waals surface area contributed by atoms with Crippen LogP contribution in [0.1, 0.15) is 33.3 Å². The minimum Gasteiger partial charge on any atom is -0.497 e. The maximum atomic E-state index is 11.8. The number of carbonyl (C=O) groups excluding carboxylic acids is 1. The molecule has 0 spiro atoms. The minimum atomic E-state index is -0.528. The normalized spacial score (nSPS) is 10.8. The molecule has 104 valence electrons. The van der Waals surface area contributed by atoms with Crippen molar-refractivity contribution in [1.29, 1.82) is 0 Å². The first-order valence-electron chi connectivity index (χ1n) is 6.07. The van der Waals surface area contributed by atoms with Gasteiger partial charge in [0.25, 0.3) is 0 Å². The van der Waals surface area contributed by atoms with Gasteiger partial charge in [-0.05, 0) is 51.5 Å². The second-order valence-corrected chi connectivity index (χ2v) is 5.32. The molecule has 1 amide bonds. The van der Waals surface area contributed by atoms with E-state index >= 15 is 0 Å². The van der Waals surface area contributed by atoms with E-state index in [0.717, 1.165) is 11.1 Å². The largest absolute Gasteiger partial charge is 0.497 e. The van der Waals surface area contributed by atoms with Crippen molar-refractivity contribution >= 4 is 17.4 Å². The van der Waals surface area contributed by atoms with Crippen LogP contribution in [0, 0.1) is 0 Å². The number of hydrogen-bond donors (Lipinski definition) is 1. The lowest BCUT2D eigenvalue weighted by Gasteiger charge is -2.20. The van der Waals surface area contributed by atoms with Gasteiger partial charge in [-0.1, -0.05) is 6.58 Å². The summed E-state index contributed by atoms with van der Waals surface area (Å²) in [5.41, 5.74) is 1.79. The highest BCUT2D eigenvalue weighted by Crippen LogP contribution is 2.27. The summed E-state index contributed by atoms with van der Waals surface area (Å²) in [5.74, 6) is 0.715. The molecular formula is C15H21NO3. The van der Waals surface area contributed by atoms with Crippen LogP contribution >= 0.6 is 0 Å². The van der Waals surface area contributed by atoms with Crippen LogP contribution < -0.4 is 10.1 Å². The standard InChI is InChI=1S/C15H21NO3/c1-10(2)12-9-11(18-6)7-8-13(12)16-14(17)19-15(3,4)5/h7-9H,1H2,2-6H3,(H,16,17). The Balaban J connectivity index is 2.95. The van der Waals surface area contributed by atoms with Gasteiger partial charge in [-0.25, -0.2) is 4.79 Å². The van der Waals surface area contributed by atoms with Crippen LogP contribution in [0.25, 0.3) is 5.57 Å². The third-order valence-corrected chi connectivity index (χ3v) is 2.32. The van der Waals surface area contributed by atoms with E-state index in [4.69, 9.17) is 9.47 Å². The second kappa shape index (κ2) is 5.78. The molecule has 0 radical (unpaired) electrons. The van der Waals surface area contributed by atoms with Crippen molar-refractivity contribution in [2.24, 2.45) is 0 Å². The Morgan fingerprint density at radius 1 is 1.32 bits per heavy atom. The Bertz CT molecular complexity index is 487. The Labute approximate surface area is 114 Å². The van der Waals surface area contributed by atoms with Crippen LogP contribution in [-0.4, -0.2) is 18.8 Å². The van der Waals surface area contributed by atoms with Gasteiger partial charge in [0.15, 0.2) is 0 Å². The van der Waals surface area contributed by atoms with Crippen LogP contribution in [0.4, 0.5) is 10.5 Å². The molecule has 4 heteroatoms. The van der Waals surface area contributed by atoms with Gasteiger partial charge in [0, 0.05) is 5.56 Å². The zero-order valence-corrected chi connectivity index (χ0v) is 12.2. The lowest BCUT2D eigenvalue weighted by atomic mass is 10.1. The molecule has 1 aromatic carbocycles. The quantitative estimate of drug-likeness (QED) is 0.894. The number of allylic oxidation sites excluding steroid dienone is 1. The average molecular weight is 263 g/mol. The van der Waals surface area contributed by atoms with Crippen molar-refractivity contribution in [3.8, 4) is 5.75 Å². The smallest absolute Gasteiger partial charge is 0.412 e. The van der Waals surface area contributed by atoms with E-state index in [-0.39, 0.29) is 0 Å². The molecular weight excluding hydrogens is 242 g/mol. The monoisotopic (exact) mass is 263 g/mol. The van der Waals surface area contributed by atoms with Gasteiger partial charge in [-0.3, -0.25) is 5.32 Å². The zero-order valence-electron chi connectivity index (χ0n) is 12.2. The van der Waals surface area contributed by atoms with Gasteiger partial charge < -0.3 is 9.47 Å². The van der Waals surface area contributed by atoms with Gasteiger partial charge in [0.2, 0.25) is 0 Å². The average Bonchev–Trinajstić information content (AvgIpc) is 2.26. The molecule has 1 aromatic rings. The number of benzene rings is 1. The second-order valence-electron chi connectivity index (χ2n) is 5.32. The van der Waals surface area contributed by atoms with Crippen LogP contribution in [0.5, 0.6) is 5.75 Å². The molecule has 19 heavy (non-hydrogen) atoms. The molecule has 1 N–H and O–H groups in total. The molecule has 0 aliphatic carbocycles. The van der Waals surface area contributed by atoms with Gasteiger partial charge in [-0.2, -0.15) is 0 Å². The third kappa shape index (κ3) is 4.66. The third-order valence-electron chi connectivity index (χ3n) is 2.32. The maximum Gasteiger partial charge on any atom is 0.412 e. The predicted octanol–water partition coefficient (Wildman–Crippen LogP) is 4.08. The molecule has 0 saturated carbocycles. The first-order chi connectivity index (χ1) is 8.73. The van der Waals surface area contributed by atoms with Crippen molar-refractivity contribution in [2.75, 3.05) is 12.4 Å². The van der Waals surface area contributed by atoms with Gasteiger partial charge in [0.1, 0.15) is 11.4 Å². The lowest BCUT2D eigenvalue weighted by Crippen LogP contribution is -2.27. The maximum absolute atomic E-state index is 11.8. The summed E-state index contributed by atoms with van der Waals surface area (Å²) in [5, 5.41) is 2.72. The highest BCUT2D eigenvalue weighted by molar-refractivity contribution is 5.89. The van der Waals surface area contributed by atoms with Gasteiger partial charge in [0.05, 0.1) is 12.8 Å². The van der Waals surface area contributed by atoms with Crippen molar-refractivity contribution < 1.29 is 14.3 Å². The fraction of sp³-hybridized carbons (Fsp3) is 0.400. The summed E-state index contributed by atoms with van der Waals surface area (Å²) in [4.78, 5) is 11.8. The van der Waals surface area contributed by atoms with E-state index in [1.54, 1.807) is 19.2 Å². The first-order valence-corrected chi connectivity index (χ1v) is 6.07. The van der Waals surface area contributed by atoms with Crippen LogP contribution in [0.2, 0.25) is 0 Å². The number of amides is 1. The fourth-order valence-electron chi connectivity index (χ4n) is 1.53. The van der Waals surface area contributed by atoms with Crippen LogP contribution in [0.15, 0.2) is 24.8 Å². The molecule has 0 aliphatic rings. The summed E-state index contributed by atoms with van der Waals surface area (Å²) in [6, 6.07) is 5.38. The molecule has 4 nitrogen and oxygen atoms in total. The van der Waals surface area contributed by atoms with E-state index in [1.165, 1.54) is 0 Å². The summed E-state index contributed by atoms with van der Waals surface area (Å²) < 4.78 is 10.4.